The molecular weight excluding hydrogens is 448 g/mol. The number of methoxy groups -OCH3 is 1. The second-order valence-electron chi connectivity index (χ2n) is 7.38. The second-order valence-corrected chi connectivity index (χ2v) is 8.30. The smallest absolute Gasteiger partial charge is 0.338 e. The summed E-state index contributed by atoms with van der Waals surface area (Å²) < 4.78 is 13.8. The van der Waals surface area contributed by atoms with Gasteiger partial charge in [0.15, 0.2) is 0 Å². The zero-order valence-electron chi connectivity index (χ0n) is 17.8. The molecule has 0 bridgehead atoms. The number of rotatable bonds is 10. The number of anilines is 1. The van der Waals surface area contributed by atoms with E-state index in [0.717, 1.165) is 22.9 Å². The maximum absolute atomic E-state index is 13.1. The minimum Gasteiger partial charge on any atom is -0.496 e. The molecule has 7 nitrogen and oxygen atoms in total. The molecule has 2 heterocycles. The van der Waals surface area contributed by atoms with Crippen LogP contribution in [0.3, 0.4) is 0 Å². The molecule has 162 valence electrons. The molecule has 0 saturated carbocycles. The molecule has 1 N–H and O–H groups in total. The highest BCUT2D eigenvalue weighted by molar-refractivity contribution is 9.10. The van der Waals surface area contributed by atoms with Crippen molar-refractivity contribution in [1.29, 1.82) is 0 Å². The maximum Gasteiger partial charge on any atom is 0.338 e. The Labute approximate surface area is 186 Å². The molecule has 30 heavy (non-hydrogen) atoms. The standard InChI is InChI=1S/C22H29BrN4O3/c1-4-5-6-7-8-9-12-30-21(28)19-15(2)26-22-24-14-25-27(22)20(19)17-13-16(23)10-11-18(17)29-3/h10-11,13-14,20H,4-9,12H2,1-3H3,(H,24,25,26)/t20-/m0/s1. The number of aromatic nitrogens is 3. The summed E-state index contributed by atoms with van der Waals surface area (Å²) in [4.78, 5) is 17.4. The molecule has 0 spiro atoms. The van der Waals surface area contributed by atoms with E-state index in [2.05, 4.69) is 38.3 Å². The number of unbranched alkanes of at least 4 members (excludes halogenated alkanes) is 5. The first-order chi connectivity index (χ1) is 14.6. The number of fused-ring (bicyclic) bond motifs is 1. The molecule has 1 atom stereocenters. The van der Waals surface area contributed by atoms with E-state index in [1.165, 1.54) is 32.0 Å². The fourth-order valence-electron chi connectivity index (χ4n) is 3.69. The molecule has 1 aromatic carbocycles. The van der Waals surface area contributed by atoms with Crippen molar-refractivity contribution in [3.63, 3.8) is 0 Å². The quantitative estimate of drug-likeness (QED) is 0.373. The van der Waals surface area contributed by atoms with Crippen molar-refractivity contribution in [2.45, 2.75) is 58.4 Å². The molecule has 8 heteroatoms. The van der Waals surface area contributed by atoms with Crippen LogP contribution in [0.15, 0.2) is 40.3 Å². The van der Waals surface area contributed by atoms with Crippen molar-refractivity contribution in [1.82, 2.24) is 14.8 Å². The predicted molar refractivity (Wildman–Crippen MR) is 120 cm³/mol. The Bertz CT molecular complexity index is 910. The van der Waals surface area contributed by atoms with Gasteiger partial charge in [0.05, 0.1) is 19.3 Å². The van der Waals surface area contributed by atoms with Crippen LogP contribution in [-0.2, 0) is 9.53 Å². The van der Waals surface area contributed by atoms with Crippen molar-refractivity contribution in [3.05, 3.63) is 45.8 Å². The Balaban J connectivity index is 1.81. The molecule has 0 unspecified atom stereocenters. The van der Waals surface area contributed by atoms with Crippen LogP contribution in [0, 0.1) is 0 Å². The molecule has 1 aromatic heterocycles. The maximum atomic E-state index is 13.1. The summed E-state index contributed by atoms with van der Waals surface area (Å²) in [6.45, 7) is 4.47. The third kappa shape index (κ3) is 5.03. The Kier molecular flexibility index (Phi) is 7.90. The van der Waals surface area contributed by atoms with Gasteiger partial charge < -0.3 is 14.8 Å². The van der Waals surface area contributed by atoms with E-state index in [1.54, 1.807) is 11.8 Å². The number of allylic oxidation sites excluding steroid dienone is 1. The van der Waals surface area contributed by atoms with Gasteiger partial charge in [0, 0.05) is 15.7 Å². The van der Waals surface area contributed by atoms with Crippen molar-refractivity contribution < 1.29 is 14.3 Å². The molecule has 2 aromatic rings. The average Bonchev–Trinajstić information content (AvgIpc) is 3.19. The van der Waals surface area contributed by atoms with Crippen LogP contribution < -0.4 is 10.1 Å². The fourth-order valence-corrected chi connectivity index (χ4v) is 4.07. The molecule has 0 amide bonds. The second kappa shape index (κ2) is 10.6. The zero-order valence-corrected chi connectivity index (χ0v) is 19.4. The van der Waals surface area contributed by atoms with Gasteiger partial charge in [0.2, 0.25) is 5.95 Å². The summed E-state index contributed by atoms with van der Waals surface area (Å²) in [5.41, 5.74) is 2.02. The van der Waals surface area contributed by atoms with Crippen LogP contribution in [0.5, 0.6) is 5.75 Å². The average molecular weight is 477 g/mol. The van der Waals surface area contributed by atoms with Crippen molar-refractivity contribution in [2.24, 2.45) is 0 Å². The molecule has 1 aliphatic heterocycles. The highest BCUT2D eigenvalue weighted by atomic mass is 79.9. The third-order valence-electron chi connectivity index (χ3n) is 5.23. The van der Waals surface area contributed by atoms with Crippen LogP contribution in [0.4, 0.5) is 5.95 Å². The fraction of sp³-hybridized carbons (Fsp3) is 0.500. The van der Waals surface area contributed by atoms with Crippen molar-refractivity contribution in [2.75, 3.05) is 19.0 Å². The van der Waals surface area contributed by atoms with Crippen LogP contribution in [0.25, 0.3) is 0 Å². The van der Waals surface area contributed by atoms with E-state index < -0.39 is 6.04 Å². The van der Waals surface area contributed by atoms with E-state index in [4.69, 9.17) is 9.47 Å². The lowest BCUT2D eigenvalue weighted by Gasteiger charge is -2.29. The molecular formula is C22H29BrN4O3. The minimum atomic E-state index is -0.492. The Morgan fingerprint density at radius 3 is 2.77 bits per heavy atom. The number of halogens is 1. The van der Waals surface area contributed by atoms with E-state index in [0.29, 0.717) is 29.6 Å². The molecule has 3 rings (SSSR count). The molecule has 0 aliphatic carbocycles. The number of hydrogen-bond donors (Lipinski definition) is 1. The van der Waals surface area contributed by atoms with Gasteiger partial charge in [0.25, 0.3) is 0 Å². The summed E-state index contributed by atoms with van der Waals surface area (Å²) >= 11 is 3.52. The summed E-state index contributed by atoms with van der Waals surface area (Å²) in [5.74, 6) is 0.898. The number of nitrogens with one attached hydrogen (secondary N) is 1. The summed E-state index contributed by atoms with van der Waals surface area (Å²) in [6.07, 6.45) is 8.30. The normalized spacial score (nSPS) is 15.5. The first-order valence-corrected chi connectivity index (χ1v) is 11.2. The lowest BCUT2D eigenvalue weighted by Crippen LogP contribution is -2.30. The van der Waals surface area contributed by atoms with Crippen LogP contribution in [-0.4, -0.2) is 34.5 Å². The number of nitrogens with zero attached hydrogens (tertiary/aromatic N) is 3. The van der Waals surface area contributed by atoms with Gasteiger partial charge in [-0.05, 0) is 31.5 Å². The van der Waals surface area contributed by atoms with Crippen LogP contribution in [0.1, 0.15) is 64.0 Å². The SMILES string of the molecule is CCCCCCCCOC(=O)C1=C(C)Nc2ncnn2[C@H]1c1cc(Br)ccc1OC. The van der Waals surface area contributed by atoms with E-state index in [-0.39, 0.29) is 5.97 Å². The van der Waals surface area contributed by atoms with Crippen LogP contribution >= 0.6 is 15.9 Å². The summed E-state index contributed by atoms with van der Waals surface area (Å²) in [5, 5.41) is 7.52. The monoisotopic (exact) mass is 476 g/mol. The van der Waals surface area contributed by atoms with Gasteiger partial charge in [-0.1, -0.05) is 55.0 Å². The van der Waals surface area contributed by atoms with Crippen LogP contribution in [0.2, 0.25) is 0 Å². The predicted octanol–water partition coefficient (Wildman–Crippen LogP) is 5.24. The minimum absolute atomic E-state index is 0.346. The van der Waals surface area contributed by atoms with E-state index in [1.807, 2.05) is 25.1 Å². The van der Waals surface area contributed by atoms with Gasteiger partial charge in [-0.15, -0.1) is 0 Å². The van der Waals surface area contributed by atoms with Crippen molar-refractivity contribution >= 4 is 27.8 Å². The number of esters is 1. The van der Waals surface area contributed by atoms with Gasteiger partial charge in [0.1, 0.15) is 18.1 Å². The largest absolute Gasteiger partial charge is 0.496 e. The van der Waals surface area contributed by atoms with E-state index >= 15 is 0 Å². The van der Waals surface area contributed by atoms with Gasteiger partial charge in [-0.3, -0.25) is 0 Å². The number of benzene rings is 1. The first-order valence-electron chi connectivity index (χ1n) is 10.4. The summed E-state index contributed by atoms with van der Waals surface area (Å²) in [6, 6.07) is 5.22. The zero-order chi connectivity index (χ0) is 21.5. The van der Waals surface area contributed by atoms with Gasteiger partial charge in [-0.2, -0.15) is 10.1 Å². The summed E-state index contributed by atoms with van der Waals surface area (Å²) in [7, 11) is 1.61. The van der Waals surface area contributed by atoms with Gasteiger partial charge >= 0.3 is 5.97 Å². The third-order valence-corrected chi connectivity index (χ3v) is 5.72. The Morgan fingerprint density at radius 1 is 1.23 bits per heavy atom. The topological polar surface area (TPSA) is 78.3 Å². The molecule has 0 radical (unpaired) electrons. The lowest BCUT2D eigenvalue weighted by atomic mass is 9.95. The lowest BCUT2D eigenvalue weighted by molar-refractivity contribution is -0.139. The number of carbonyl (C=O) groups excluding carboxylic acids is 1. The first kappa shape index (κ1) is 22.3. The molecule has 1 aliphatic rings. The van der Waals surface area contributed by atoms with Gasteiger partial charge in [-0.25, -0.2) is 9.48 Å². The Hall–Kier alpha value is -2.35. The van der Waals surface area contributed by atoms with E-state index in [9.17, 15) is 4.79 Å². The highest BCUT2D eigenvalue weighted by Crippen LogP contribution is 2.40. The van der Waals surface area contributed by atoms with Crippen molar-refractivity contribution in [3.8, 4) is 5.75 Å². The Morgan fingerprint density at radius 2 is 2.00 bits per heavy atom. The number of hydrogen-bond acceptors (Lipinski definition) is 6. The number of ether oxygens (including phenoxy) is 2. The number of carbonyl (C=O) groups is 1. The highest BCUT2D eigenvalue weighted by Gasteiger charge is 2.36. The molecule has 0 fully saturated rings. The molecule has 0 saturated heterocycles.